The van der Waals surface area contributed by atoms with E-state index in [0.29, 0.717) is 0 Å². The molecule has 3 N–H and O–H groups in total. The van der Waals surface area contributed by atoms with Crippen LogP contribution in [0.5, 0.6) is 0 Å². The van der Waals surface area contributed by atoms with Crippen molar-refractivity contribution in [3.63, 3.8) is 0 Å². The van der Waals surface area contributed by atoms with Gasteiger partial charge in [-0.15, -0.1) is 0 Å². The minimum atomic E-state index is -0.609. The molecule has 4 nitrogen and oxygen atoms in total. The standard InChI is InChI=1S/C16H27N3O/c1-16(2,20)13-19-10-8-18(9-11-19)12-15(17)14-6-4-3-5-7-14/h3-7,15,20H,8-13,17H2,1-2H3. The number of rotatable bonds is 5. The van der Waals surface area contributed by atoms with Gasteiger partial charge in [-0.25, -0.2) is 0 Å². The maximum atomic E-state index is 9.85. The number of nitrogens with zero attached hydrogens (tertiary/aromatic N) is 2. The fraction of sp³-hybridized carbons (Fsp3) is 0.625. The molecule has 0 aromatic heterocycles. The Labute approximate surface area is 122 Å². The lowest BCUT2D eigenvalue weighted by molar-refractivity contribution is 0.0170. The van der Waals surface area contributed by atoms with Crippen molar-refractivity contribution in [1.82, 2.24) is 9.80 Å². The number of nitrogens with two attached hydrogens (primary N) is 1. The Kier molecular flexibility index (Phi) is 5.16. The summed E-state index contributed by atoms with van der Waals surface area (Å²) in [5.74, 6) is 0. The average Bonchev–Trinajstić information content (AvgIpc) is 2.40. The SMILES string of the molecule is CC(C)(O)CN1CCN(CC(N)c2ccccc2)CC1. The molecule has 0 aliphatic carbocycles. The van der Waals surface area contributed by atoms with Crippen LogP contribution >= 0.6 is 0 Å². The molecule has 112 valence electrons. The zero-order valence-corrected chi connectivity index (χ0v) is 12.6. The number of hydrogen-bond donors (Lipinski definition) is 2. The third kappa shape index (κ3) is 4.87. The Morgan fingerprint density at radius 3 is 2.20 bits per heavy atom. The lowest BCUT2D eigenvalue weighted by Crippen LogP contribution is -2.51. The van der Waals surface area contributed by atoms with Crippen molar-refractivity contribution >= 4 is 0 Å². The lowest BCUT2D eigenvalue weighted by Gasteiger charge is -2.38. The van der Waals surface area contributed by atoms with Crippen LogP contribution < -0.4 is 5.73 Å². The summed E-state index contributed by atoms with van der Waals surface area (Å²) in [6.45, 7) is 9.44. The molecule has 4 heteroatoms. The average molecular weight is 277 g/mol. The quantitative estimate of drug-likeness (QED) is 0.845. The molecule has 1 aliphatic rings. The highest BCUT2D eigenvalue weighted by Gasteiger charge is 2.23. The van der Waals surface area contributed by atoms with Crippen molar-refractivity contribution in [2.45, 2.75) is 25.5 Å². The first-order valence-electron chi connectivity index (χ1n) is 7.42. The molecule has 2 rings (SSSR count). The van der Waals surface area contributed by atoms with E-state index in [1.54, 1.807) is 0 Å². The van der Waals surface area contributed by atoms with Crippen LogP contribution in [0, 0.1) is 0 Å². The maximum Gasteiger partial charge on any atom is 0.0718 e. The van der Waals surface area contributed by atoms with Gasteiger partial charge in [0.2, 0.25) is 0 Å². The monoisotopic (exact) mass is 277 g/mol. The summed E-state index contributed by atoms with van der Waals surface area (Å²) in [7, 11) is 0. The van der Waals surface area contributed by atoms with Crippen molar-refractivity contribution in [2.75, 3.05) is 39.3 Å². The van der Waals surface area contributed by atoms with Gasteiger partial charge in [0, 0.05) is 45.3 Å². The highest BCUT2D eigenvalue weighted by Crippen LogP contribution is 2.14. The molecule has 1 aromatic carbocycles. The summed E-state index contributed by atoms with van der Waals surface area (Å²) in [5.41, 5.74) is 6.86. The summed E-state index contributed by atoms with van der Waals surface area (Å²) in [6.07, 6.45) is 0. The van der Waals surface area contributed by atoms with Gasteiger partial charge in [-0.05, 0) is 19.4 Å². The second-order valence-electron chi connectivity index (χ2n) is 6.41. The molecule has 1 saturated heterocycles. The van der Waals surface area contributed by atoms with Gasteiger partial charge in [0.1, 0.15) is 0 Å². The van der Waals surface area contributed by atoms with Crippen LogP contribution in [0.1, 0.15) is 25.5 Å². The van der Waals surface area contributed by atoms with E-state index in [9.17, 15) is 5.11 Å². The number of β-amino-alcohol motifs (C(OH)–C–C–N with tert-alkyl or cyclic N) is 1. The lowest BCUT2D eigenvalue weighted by atomic mass is 10.1. The van der Waals surface area contributed by atoms with Gasteiger partial charge in [0.25, 0.3) is 0 Å². The van der Waals surface area contributed by atoms with Gasteiger partial charge < -0.3 is 10.8 Å². The van der Waals surface area contributed by atoms with Crippen LogP contribution in [-0.2, 0) is 0 Å². The minimum Gasteiger partial charge on any atom is -0.389 e. The molecule has 0 radical (unpaired) electrons. The molecule has 1 fully saturated rings. The Morgan fingerprint density at radius 2 is 1.65 bits per heavy atom. The van der Waals surface area contributed by atoms with Crippen molar-refractivity contribution in [3.05, 3.63) is 35.9 Å². The first-order chi connectivity index (χ1) is 9.44. The number of aliphatic hydroxyl groups is 1. The van der Waals surface area contributed by atoms with Crippen molar-refractivity contribution in [3.8, 4) is 0 Å². The largest absolute Gasteiger partial charge is 0.389 e. The number of benzene rings is 1. The second-order valence-corrected chi connectivity index (χ2v) is 6.41. The second kappa shape index (κ2) is 6.68. The third-order valence-electron chi connectivity index (χ3n) is 3.76. The molecule has 1 aliphatic heterocycles. The molecule has 1 atom stereocenters. The van der Waals surface area contributed by atoms with E-state index in [0.717, 1.165) is 39.3 Å². The van der Waals surface area contributed by atoms with E-state index < -0.39 is 5.60 Å². The minimum absolute atomic E-state index is 0.0806. The smallest absolute Gasteiger partial charge is 0.0718 e. The van der Waals surface area contributed by atoms with Gasteiger partial charge >= 0.3 is 0 Å². The summed E-state index contributed by atoms with van der Waals surface area (Å²) in [4.78, 5) is 4.74. The van der Waals surface area contributed by atoms with Crippen LogP contribution in [0.4, 0.5) is 0 Å². The highest BCUT2D eigenvalue weighted by molar-refractivity contribution is 5.18. The molecule has 0 saturated carbocycles. The van der Waals surface area contributed by atoms with Gasteiger partial charge in [-0.2, -0.15) is 0 Å². The first kappa shape index (κ1) is 15.4. The molecular weight excluding hydrogens is 250 g/mol. The fourth-order valence-corrected chi connectivity index (χ4v) is 2.76. The van der Waals surface area contributed by atoms with E-state index in [1.807, 2.05) is 32.0 Å². The maximum absolute atomic E-state index is 9.85. The Morgan fingerprint density at radius 1 is 1.10 bits per heavy atom. The molecule has 0 spiro atoms. The number of hydrogen-bond acceptors (Lipinski definition) is 4. The van der Waals surface area contributed by atoms with Crippen LogP contribution in [0.15, 0.2) is 30.3 Å². The summed E-state index contributed by atoms with van der Waals surface area (Å²) in [6, 6.07) is 10.4. The van der Waals surface area contributed by atoms with E-state index >= 15 is 0 Å². The topological polar surface area (TPSA) is 52.7 Å². The molecule has 1 unspecified atom stereocenters. The fourth-order valence-electron chi connectivity index (χ4n) is 2.76. The summed E-state index contributed by atoms with van der Waals surface area (Å²) in [5, 5.41) is 9.85. The van der Waals surface area contributed by atoms with Crippen LogP contribution in [0.2, 0.25) is 0 Å². The van der Waals surface area contributed by atoms with Crippen molar-refractivity contribution in [2.24, 2.45) is 5.73 Å². The van der Waals surface area contributed by atoms with E-state index in [4.69, 9.17) is 5.73 Å². The van der Waals surface area contributed by atoms with E-state index in [-0.39, 0.29) is 6.04 Å². The van der Waals surface area contributed by atoms with Crippen molar-refractivity contribution in [1.29, 1.82) is 0 Å². The van der Waals surface area contributed by atoms with Gasteiger partial charge in [0.05, 0.1) is 5.60 Å². The summed E-state index contributed by atoms with van der Waals surface area (Å²) < 4.78 is 0. The first-order valence-corrected chi connectivity index (χ1v) is 7.42. The van der Waals surface area contributed by atoms with Crippen LogP contribution in [0.25, 0.3) is 0 Å². The van der Waals surface area contributed by atoms with Gasteiger partial charge in [0.15, 0.2) is 0 Å². The molecule has 1 heterocycles. The Balaban J connectivity index is 1.77. The molecule has 0 amide bonds. The van der Waals surface area contributed by atoms with Gasteiger partial charge in [-0.3, -0.25) is 9.80 Å². The highest BCUT2D eigenvalue weighted by atomic mass is 16.3. The third-order valence-corrected chi connectivity index (χ3v) is 3.76. The van der Waals surface area contributed by atoms with Gasteiger partial charge in [-0.1, -0.05) is 30.3 Å². The van der Waals surface area contributed by atoms with E-state index in [2.05, 4.69) is 21.9 Å². The molecule has 20 heavy (non-hydrogen) atoms. The number of piperazine rings is 1. The Bertz CT molecular complexity index is 394. The Hall–Kier alpha value is -0.940. The predicted octanol–water partition coefficient (Wildman–Crippen LogP) is 1.07. The van der Waals surface area contributed by atoms with Crippen LogP contribution in [-0.4, -0.2) is 59.8 Å². The predicted molar refractivity (Wildman–Crippen MR) is 82.5 cm³/mol. The molecular formula is C16H27N3O. The molecule has 1 aromatic rings. The zero-order chi connectivity index (χ0) is 14.6. The van der Waals surface area contributed by atoms with Crippen LogP contribution in [0.3, 0.4) is 0 Å². The normalized spacial score (nSPS) is 20.0. The summed E-state index contributed by atoms with van der Waals surface area (Å²) >= 11 is 0. The zero-order valence-electron chi connectivity index (χ0n) is 12.6. The van der Waals surface area contributed by atoms with Crippen molar-refractivity contribution < 1.29 is 5.11 Å². The van der Waals surface area contributed by atoms with E-state index in [1.165, 1.54) is 5.56 Å². The molecule has 0 bridgehead atoms.